The molecule has 0 spiro atoms. The fraction of sp³-hybridized carbons (Fsp3) is 0.414. The molecule has 3 fully saturated rings. The zero-order valence-corrected chi connectivity index (χ0v) is 27.1. The molecule has 4 amide bonds. The van der Waals surface area contributed by atoms with Crippen LogP contribution in [0, 0.1) is 17.8 Å². The van der Waals surface area contributed by atoms with E-state index in [1.165, 1.54) is 33.3 Å². The van der Waals surface area contributed by atoms with Crippen molar-refractivity contribution in [2.75, 3.05) is 26.2 Å². The molecule has 17 heteroatoms. The zero-order valence-electron chi connectivity index (χ0n) is 24.0. The molecule has 10 nitrogen and oxygen atoms in total. The molecule has 2 saturated heterocycles. The maximum absolute atomic E-state index is 14.2. The molecule has 6 unspecified atom stereocenters. The molecule has 46 heavy (non-hydrogen) atoms. The summed E-state index contributed by atoms with van der Waals surface area (Å²) >= 11 is 26.8. The van der Waals surface area contributed by atoms with Crippen molar-refractivity contribution in [3.63, 3.8) is 0 Å². The third kappa shape index (κ3) is 4.27. The van der Waals surface area contributed by atoms with E-state index >= 15 is 0 Å². The van der Waals surface area contributed by atoms with Crippen LogP contribution in [0.5, 0.6) is 11.5 Å². The van der Waals surface area contributed by atoms with Crippen LogP contribution in [-0.4, -0.2) is 74.6 Å². The number of phenolic OH excluding ortho intramolecular Hbond substituents is 1. The second-order valence-electron chi connectivity index (χ2n) is 11.6. The van der Waals surface area contributed by atoms with Crippen LogP contribution in [0.4, 0.5) is 19.0 Å². The number of aromatic hydroxyl groups is 1. The normalized spacial score (nSPS) is 30.7. The number of hydrogen-bond donors (Lipinski definition) is 1. The van der Waals surface area contributed by atoms with E-state index in [0.29, 0.717) is 16.6 Å². The van der Waals surface area contributed by atoms with Crippen LogP contribution < -0.4 is 9.75 Å². The summed E-state index contributed by atoms with van der Waals surface area (Å²) in [6, 6.07) is 4.37. The van der Waals surface area contributed by atoms with Crippen molar-refractivity contribution in [3.8, 4) is 11.5 Å². The summed E-state index contributed by atoms with van der Waals surface area (Å²) in [4.78, 5) is 55.5. The fourth-order valence-electron chi connectivity index (χ4n) is 7.22. The summed E-state index contributed by atoms with van der Waals surface area (Å²) in [5, 5.41) is 11.6. The van der Waals surface area contributed by atoms with E-state index in [2.05, 4.69) is 4.98 Å². The Kier molecular flexibility index (Phi) is 7.55. The van der Waals surface area contributed by atoms with E-state index in [0.717, 1.165) is 16.0 Å². The van der Waals surface area contributed by atoms with Crippen molar-refractivity contribution >= 4 is 75.9 Å². The van der Waals surface area contributed by atoms with Crippen LogP contribution in [0.25, 0.3) is 0 Å². The van der Waals surface area contributed by atoms with Crippen molar-refractivity contribution in [1.82, 2.24) is 14.9 Å². The number of nitrogens with zero attached hydrogens (tertiary/aromatic N) is 4. The summed E-state index contributed by atoms with van der Waals surface area (Å²) in [6.07, 6.45) is -3.51. The SMILES string of the molecule is COc1cc(C2C3=CCC4C(=O)N(N(C)c5nc(C(F)(F)F)ccc5Cl)C(=O)C4C3CC3(Cl)C(=O)N(C)C(=O)C23Cl)cc(Cl)c1O. The van der Waals surface area contributed by atoms with Gasteiger partial charge in [-0.15, -0.1) is 23.2 Å². The number of allylic oxidation sites excluding steroid dienone is 2. The Balaban J connectivity index is 1.48. The van der Waals surface area contributed by atoms with E-state index in [9.17, 15) is 37.5 Å². The number of imide groups is 2. The smallest absolute Gasteiger partial charge is 0.433 e. The first-order valence-corrected chi connectivity index (χ1v) is 15.2. The highest BCUT2D eigenvalue weighted by molar-refractivity contribution is 6.53. The lowest BCUT2D eigenvalue weighted by molar-refractivity contribution is -0.141. The number of anilines is 1. The largest absolute Gasteiger partial charge is 0.503 e. The molecule has 0 bridgehead atoms. The van der Waals surface area contributed by atoms with Gasteiger partial charge in [-0.25, -0.2) is 4.98 Å². The molecule has 4 aliphatic rings. The van der Waals surface area contributed by atoms with Crippen molar-refractivity contribution in [2.45, 2.75) is 34.7 Å². The molecular formula is C29H23Cl4F3N4O6. The number of ether oxygens (including phenoxy) is 1. The molecule has 3 heterocycles. The summed E-state index contributed by atoms with van der Waals surface area (Å²) in [5.41, 5.74) is -0.613. The second kappa shape index (κ2) is 10.6. The highest BCUT2D eigenvalue weighted by atomic mass is 35.5. The number of amides is 4. The Bertz CT molecular complexity index is 1770. The molecule has 244 valence electrons. The van der Waals surface area contributed by atoms with Gasteiger partial charge >= 0.3 is 6.18 Å². The van der Waals surface area contributed by atoms with E-state index < -0.39 is 74.7 Å². The minimum atomic E-state index is -4.83. The summed E-state index contributed by atoms with van der Waals surface area (Å²) in [5.74, 6) is -8.35. The topological polar surface area (TPSA) is 120 Å². The first kappa shape index (κ1) is 32.7. The third-order valence-corrected chi connectivity index (χ3v) is 11.3. The van der Waals surface area contributed by atoms with Gasteiger partial charge in [0.25, 0.3) is 23.6 Å². The van der Waals surface area contributed by atoms with Crippen LogP contribution in [0.1, 0.15) is 30.0 Å². The lowest BCUT2D eigenvalue weighted by Gasteiger charge is -2.50. The van der Waals surface area contributed by atoms with Crippen LogP contribution >= 0.6 is 46.4 Å². The fourth-order valence-corrected chi connectivity index (χ4v) is 8.69. The quantitative estimate of drug-likeness (QED) is 0.261. The number of pyridine rings is 1. The number of hydrazine groups is 1. The molecule has 2 aromatic rings. The lowest BCUT2D eigenvalue weighted by atomic mass is 9.56. The minimum Gasteiger partial charge on any atom is -0.503 e. The first-order valence-electron chi connectivity index (χ1n) is 13.7. The number of likely N-dealkylation sites (tertiary alicyclic amines) is 1. The molecule has 6 rings (SSSR count). The zero-order chi connectivity index (χ0) is 33.8. The number of hydrogen-bond acceptors (Lipinski definition) is 8. The first-order chi connectivity index (χ1) is 21.4. The summed E-state index contributed by atoms with van der Waals surface area (Å²) in [7, 11) is 3.69. The van der Waals surface area contributed by atoms with Gasteiger partial charge in [-0.3, -0.25) is 29.1 Å². The summed E-state index contributed by atoms with van der Waals surface area (Å²) in [6.45, 7) is 0. The molecular weight excluding hydrogens is 699 g/mol. The predicted octanol–water partition coefficient (Wildman–Crippen LogP) is 5.16. The van der Waals surface area contributed by atoms with Gasteiger partial charge in [0.15, 0.2) is 27.1 Å². The van der Waals surface area contributed by atoms with Gasteiger partial charge in [0, 0.05) is 20.0 Å². The van der Waals surface area contributed by atoms with Gasteiger partial charge in [-0.2, -0.15) is 18.2 Å². The number of carbonyl (C=O) groups is 4. The number of halogens is 7. The van der Waals surface area contributed by atoms with Gasteiger partial charge in [0.1, 0.15) is 5.69 Å². The van der Waals surface area contributed by atoms with Crippen molar-refractivity contribution in [3.05, 3.63) is 57.2 Å². The van der Waals surface area contributed by atoms with Gasteiger partial charge in [0.2, 0.25) is 0 Å². The number of benzene rings is 1. The van der Waals surface area contributed by atoms with E-state index in [-0.39, 0.29) is 39.9 Å². The van der Waals surface area contributed by atoms with Crippen molar-refractivity contribution in [2.24, 2.45) is 17.8 Å². The molecule has 1 N–H and O–H groups in total. The molecule has 2 aliphatic heterocycles. The third-order valence-electron chi connectivity index (χ3n) is 9.32. The molecule has 0 radical (unpaired) electrons. The average Bonchev–Trinajstić information content (AvgIpc) is 3.32. The molecule has 1 aromatic heterocycles. The number of aromatic nitrogens is 1. The Morgan fingerprint density at radius 2 is 1.72 bits per heavy atom. The standard InChI is InChI=1S/C29H23Cl4F3N4O6/c1-38-25(44)27(32)10-14-12(20(28(27,33)26(38)45)11-8-16(31)21(41)17(9-11)46-3)4-5-13-19(14)24(43)40(23(13)42)39(2)22-15(30)6-7-18(37-22)29(34,35)36/h4,6-9,13-14,19-20,41H,5,10H2,1-3H3. The number of fused-ring (bicyclic) bond motifs is 4. The number of methoxy groups -OCH3 is 1. The maximum Gasteiger partial charge on any atom is 0.433 e. The Morgan fingerprint density at radius 3 is 2.35 bits per heavy atom. The Morgan fingerprint density at radius 1 is 1.04 bits per heavy atom. The highest BCUT2D eigenvalue weighted by Crippen LogP contribution is 2.65. The van der Waals surface area contributed by atoms with E-state index in [1.807, 2.05) is 0 Å². The minimum absolute atomic E-state index is 0.0190. The molecule has 6 atom stereocenters. The monoisotopic (exact) mass is 720 g/mol. The van der Waals surface area contributed by atoms with Gasteiger partial charge in [-0.1, -0.05) is 34.9 Å². The van der Waals surface area contributed by atoms with Crippen LogP contribution in [0.3, 0.4) is 0 Å². The highest BCUT2D eigenvalue weighted by Gasteiger charge is 2.76. The van der Waals surface area contributed by atoms with Gasteiger partial charge < -0.3 is 9.84 Å². The Hall–Kier alpha value is -3.26. The average molecular weight is 722 g/mol. The second-order valence-corrected chi connectivity index (χ2v) is 13.6. The number of alkyl halides is 5. The van der Waals surface area contributed by atoms with Crippen LogP contribution in [0.15, 0.2) is 35.9 Å². The molecule has 1 saturated carbocycles. The van der Waals surface area contributed by atoms with Crippen molar-refractivity contribution in [1.29, 1.82) is 0 Å². The molecule has 2 aliphatic carbocycles. The van der Waals surface area contributed by atoms with Crippen LogP contribution in [0.2, 0.25) is 10.0 Å². The van der Waals surface area contributed by atoms with E-state index in [1.54, 1.807) is 6.08 Å². The lowest BCUT2D eigenvalue weighted by Crippen LogP contribution is -2.60. The molecule has 1 aromatic carbocycles. The number of carbonyl (C=O) groups excluding carboxylic acids is 4. The number of rotatable bonds is 4. The van der Waals surface area contributed by atoms with Gasteiger partial charge in [0.05, 0.1) is 29.0 Å². The van der Waals surface area contributed by atoms with Gasteiger partial charge in [-0.05, 0) is 48.6 Å². The predicted molar refractivity (Wildman–Crippen MR) is 160 cm³/mol. The Labute approximate surface area is 279 Å². The van der Waals surface area contributed by atoms with Crippen molar-refractivity contribution < 1.29 is 42.2 Å². The maximum atomic E-state index is 14.2. The summed E-state index contributed by atoms with van der Waals surface area (Å²) < 4.78 is 45.7. The van der Waals surface area contributed by atoms with E-state index in [4.69, 9.17) is 51.1 Å². The number of phenols is 1. The van der Waals surface area contributed by atoms with Crippen LogP contribution in [-0.2, 0) is 25.4 Å².